The third-order valence-corrected chi connectivity index (χ3v) is 3.34. The minimum Gasteiger partial charge on any atom is -0.290 e. The summed E-state index contributed by atoms with van der Waals surface area (Å²) in [6.45, 7) is 7.70. The fourth-order valence-electron chi connectivity index (χ4n) is 2.74. The van der Waals surface area contributed by atoms with Crippen LogP contribution >= 0.6 is 0 Å². The van der Waals surface area contributed by atoms with Gasteiger partial charge in [-0.15, -0.1) is 0 Å². The molecular weight excluding hydrogens is 153 g/mol. The van der Waals surface area contributed by atoms with Crippen molar-refractivity contribution in [3.8, 4) is 0 Å². The summed E-state index contributed by atoms with van der Waals surface area (Å²) in [4.78, 5) is 2.28. The Morgan fingerprint density at radius 1 is 1.75 bits per heavy atom. The highest BCUT2D eigenvalue weighted by molar-refractivity contribution is 5.18. The maximum Gasteiger partial charge on any atom is 0.115 e. The smallest absolute Gasteiger partial charge is 0.115 e. The second-order valence-electron chi connectivity index (χ2n) is 4.19. The van der Waals surface area contributed by atoms with Gasteiger partial charge in [0.15, 0.2) is 0 Å². The van der Waals surface area contributed by atoms with Crippen LogP contribution in [-0.4, -0.2) is 29.7 Å². The number of halogens is 1. The van der Waals surface area contributed by atoms with Gasteiger partial charge in [-0.2, -0.15) is 0 Å². The molecule has 68 valence electrons. The third kappa shape index (κ3) is 1.01. The fourth-order valence-corrected chi connectivity index (χ4v) is 2.74. The molecule has 2 aliphatic rings. The molecule has 0 N–H and O–H groups in total. The van der Waals surface area contributed by atoms with E-state index in [1.54, 1.807) is 0 Å². The molecule has 2 heteroatoms. The second kappa shape index (κ2) is 2.56. The van der Waals surface area contributed by atoms with E-state index in [1.165, 1.54) is 5.57 Å². The summed E-state index contributed by atoms with van der Waals surface area (Å²) >= 11 is 0. The van der Waals surface area contributed by atoms with E-state index in [2.05, 4.69) is 18.4 Å². The zero-order chi connectivity index (χ0) is 8.77. The molecule has 2 rings (SSSR count). The maximum absolute atomic E-state index is 13.1. The van der Waals surface area contributed by atoms with Crippen LogP contribution in [0.15, 0.2) is 12.2 Å². The van der Waals surface area contributed by atoms with Gasteiger partial charge in [-0.25, -0.2) is 4.39 Å². The van der Waals surface area contributed by atoms with Gasteiger partial charge in [-0.1, -0.05) is 19.1 Å². The largest absolute Gasteiger partial charge is 0.290 e. The minimum absolute atomic E-state index is 0.149. The Morgan fingerprint density at radius 3 is 3.08 bits per heavy atom. The van der Waals surface area contributed by atoms with E-state index in [0.29, 0.717) is 6.54 Å². The molecule has 2 fully saturated rings. The van der Waals surface area contributed by atoms with Crippen LogP contribution in [0.5, 0.6) is 0 Å². The number of hydrogen-bond donors (Lipinski definition) is 0. The highest BCUT2D eigenvalue weighted by Crippen LogP contribution is 2.43. The van der Waals surface area contributed by atoms with Gasteiger partial charge < -0.3 is 0 Å². The molecule has 12 heavy (non-hydrogen) atoms. The normalized spacial score (nSPS) is 42.2. The van der Waals surface area contributed by atoms with E-state index < -0.39 is 6.17 Å². The van der Waals surface area contributed by atoms with Crippen molar-refractivity contribution < 1.29 is 4.39 Å². The lowest BCUT2D eigenvalue weighted by Gasteiger charge is -2.29. The molecule has 0 amide bonds. The van der Waals surface area contributed by atoms with Crippen molar-refractivity contribution in [2.75, 3.05) is 13.1 Å². The lowest BCUT2D eigenvalue weighted by molar-refractivity contribution is 0.189. The van der Waals surface area contributed by atoms with Gasteiger partial charge in [0.25, 0.3) is 0 Å². The van der Waals surface area contributed by atoms with Gasteiger partial charge in [0.1, 0.15) is 6.17 Å². The van der Waals surface area contributed by atoms with Crippen LogP contribution in [0.25, 0.3) is 0 Å². The molecule has 2 heterocycles. The van der Waals surface area contributed by atoms with Crippen molar-refractivity contribution in [3.63, 3.8) is 0 Å². The molecule has 0 aromatic heterocycles. The van der Waals surface area contributed by atoms with Gasteiger partial charge in [0, 0.05) is 18.6 Å². The quantitative estimate of drug-likeness (QED) is 0.543. The van der Waals surface area contributed by atoms with Crippen molar-refractivity contribution in [1.29, 1.82) is 0 Å². The van der Waals surface area contributed by atoms with Crippen LogP contribution in [0.4, 0.5) is 4.39 Å². The Morgan fingerprint density at radius 2 is 2.50 bits per heavy atom. The van der Waals surface area contributed by atoms with E-state index in [4.69, 9.17) is 0 Å². The second-order valence-corrected chi connectivity index (χ2v) is 4.19. The average molecular weight is 169 g/mol. The standard InChI is InChI=1S/C10H16FN/c1-3-10-4-8(2)6-12(10)7-9(11)5-10/h9H,2-7H2,1H3/t9-,10-/m1/s1. The molecule has 0 bridgehead atoms. The van der Waals surface area contributed by atoms with Crippen molar-refractivity contribution in [2.45, 2.75) is 37.9 Å². The molecule has 2 atom stereocenters. The molecule has 0 spiro atoms. The topological polar surface area (TPSA) is 3.24 Å². The Bertz CT molecular complexity index is 214. The van der Waals surface area contributed by atoms with E-state index in [9.17, 15) is 4.39 Å². The van der Waals surface area contributed by atoms with Crippen molar-refractivity contribution in [2.24, 2.45) is 0 Å². The molecule has 0 unspecified atom stereocenters. The Labute approximate surface area is 73.2 Å². The summed E-state index contributed by atoms with van der Waals surface area (Å²) in [6.07, 6.45) is 2.21. The SMILES string of the molecule is C=C1CN2C[C@H](F)C[C@@]2(CC)C1. The molecule has 0 aromatic carbocycles. The minimum atomic E-state index is -0.599. The predicted octanol–water partition coefficient (Wildman–Crippen LogP) is 2.14. The number of hydrogen-bond acceptors (Lipinski definition) is 1. The molecule has 0 aromatic rings. The first-order chi connectivity index (χ1) is 5.66. The average Bonchev–Trinajstić information content (AvgIpc) is 2.40. The summed E-state index contributed by atoms with van der Waals surface area (Å²) in [5, 5.41) is 0. The zero-order valence-electron chi connectivity index (χ0n) is 7.65. The first-order valence-electron chi connectivity index (χ1n) is 4.72. The Hall–Kier alpha value is -0.370. The molecule has 1 nitrogen and oxygen atoms in total. The zero-order valence-corrected chi connectivity index (χ0v) is 7.65. The van der Waals surface area contributed by atoms with Crippen LogP contribution in [-0.2, 0) is 0 Å². The van der Waals surface area contributed by atoms with Gasteiger partial charge in [-0.05, 0) is 19.3 Å². The summed E-state index contributed by atoms with van der Waals surface area (Å²) in [5.74, 6) is 0. The highest BCUT2D eigenvalue weighted by atomic mass is 19.1. The first kappa shape index (κ1) is 8.24. The lowest BCUT2D eigenvalue weighted by atomic mass is 9.90. The number of alkyl halides is 1. The summed E-state index contributed by atoms with van der Waals surface area (Å²) < 4.78 is 13.1. The fraction of sp³-hybridized carbons (Fsp3) is 0.800. The molecule has 2 saturated heterocycles. The van der Waals surface area contributed by atoms with Crippen LogP contribution in [0.3, 0.4) is 0 Å². The van der Waals surface area contributed by atoms with Gasteiger partial charge in [0.2, 0.25) is 0 Å². The maximum atomic E-state index is 13.1. The highest BCUT2D eigenvalue weighted by Gasteiger charge is 2.48. The number of fused-ring (bicyclic) bond motifs is 1. The predicted molar refractivity (Wildman–Crippen MR) is 47.9 cm³/mol. The third-order valence-electron chi connectivity index (χ3n) is 3.34. The van der Waals surface area contributed by atoms with Crippen LogP contribution < -0.4 is 0 Å². The summed E-state index contributed by atoms with van der Waals surface area (Å²) in [7, 11) is 0. The first-order valence-corrected chi connectivity index (χ1v) is 4.72. The van der Waals surface area contributed by atoms with Crippen molar-refractivity contribution in [1.82, 2.24) is 4.90 Å². The molecule has 2 aliphatic heterocycles. The van der Waals surface area contributed by atoms with E-state index in [1.807, 2.05) is 0 Å². The van der Waals surface area contributed by atoms with Gasteiger partial charge in [0.05, 0.1) is 0 Å². The summed E-state index contributed by atoms with van der Waals surface area (Å²) in [5.41, 5.74) is 1.43. The molecular formula is C10H16FN. The Balaban J connectivity index is 2.21. The van der Waals surface area contributed by atoms with Crippen LogP contribution in [0, 0.1) is 0 Å². The van der Waals surface area contributed by atoms with Crippen molar-refractivity contribution >= 4 is 0 Å². The van der Waals surface area contributed by atoms with Gasteiger partial charge in [-0.3, -0.25) is 4.90 Å². The lowest BCUT2D eigenvalue weighted by Crippen LogP contribution is -2.37. The van der Waals surface area contributed by atoms with E-state index >= 15 is 0 Å². The number of nitrogens with zero attached hydrogens (tertiary/aromatic N) is 1. The molecule has 0 saturated carbocycles. The van der Waals surface area contributed by atoms with Gasteiger partial charge >= 0.3 is 0 Å². The van der Waals surface area contributed by atoms with Crippen LogP contribution in [0.2, 0.25) is 0 Å². The van der Waals surface area contributed by atoms with E-state index in [-0.39, 0.29) is 5.54 Å². The number of rotatable bonds is 1. The summed E-state index contributed by atoms with van der Waals surface area (Å²) in [6, 6.07) is 0. The monoisotopic (exact) mass is 169 g/mol. The van der Waals surface area contributed by atoms with Crippen LogP contribution in [0.1, 0.15) is 26.2 Å². The van der Waals surface area contributed by atoms with Crippen molar-refractivity contribution in [3.05, 3.63) is 12.2 Å². The van der Waals surface area contributed by atoms with E-state index in [0.717, 1.165) is 25.8 Å². The molecule has 0 aliphatic carbocycles. The Kier molecular flexibility index (Phi) is 1.76. The molecule has 0 radical (unpaired) electrons.